The molecule has 1 atom stereocenters. The van der Waals surface area contributed by atoms with E-state index in [1.54, 1.807) is 0 Å². The van der Waals surface area contributed by atoms with Gasteiger partial charge in [-0.2, -0.15) is 0 Å². The highest BCUT2D eigenvalue weighted by atomic mass is 16.6. The summed E-state index contributed by atoms with van der Waals surface area (Å²) < 4.78 is 10.4. The molecule has 1 N–H and O–H groups in total. The molecule has 0 radical (unpaired) electrons. The molecule has 0 aliphatic heterocycles. The third-order valence-corrected chi connectivity index (χ3v) is 4.44. The van der Waals surface area contributed by atoms with Gasteiger partial charge in [0, 0.05) is 12.1 Å². The molecular weight excluding hydrogens is 348 g/mol. The van der Waals surface area contributed by atoms with E-state index in [9.17, 15) is 14.9 Å². The molecule has 0 aliphatic carbocycles. The van der Waals surface area contributed by atoms with Crippen molar-refractivity contribution in [3.8, 4) is 11.5 Å². The van der Waals surface area contributed by atoms with E-state index in [4.69, 9.17) is 9.47 Å². The molecule has 0 saturated heterocycles. The number of hydrogen-bond acceptors (Lipinski definition) is 5. The summed E-state index contributed by atoms with van der Waals surface area (Å²) in [6.45, 7) is 7.84. The summed E-state index contributed by atoms with van der Waals surface area (Å²) in [6.07, 6.45) is 0. The lowest BCUT2D eigenvalue weighted by Gasteiger charge is -2.18. The second-order valence-corrected chi connectivity index (χ2v) is 6.46. The van der Waals surface area contributed by atoms with Crippen LogP contribution in [-0.4, -0.2) is 24.5 Å². The van der Waals surface area contributed by atoms with Crippen LogP contribution in [0, 0.1) is 30.9 Å². The van der Waals surface area contributed by atoms with E-state index in [1.165, 1.54) is 36.4 Å². The smallest absolute Gasteiger partial charge is 0.311 e. The van der Waals surface area contributed by atoms with Crippen molar-refractivity contribution in [2.24, 2.45) is 0 Å². The normalized spacial score (nSPS) is 11.6. The number of methoxy groups -OCH3 is 1. The van der Waals surface area contributed by atoms with Gasteiger partial charge in [0.2, 0.25) is 5.75 Å². The quantitative estimate of drug-likeness (QED) is 0.590. The van der Waals surface area contributed by atoms with E-state index >= 15 is 0 Å². The van der Waals surface area contributed by atoms with Crippen LogP contribution in [-0.2, 0) is 4.79 Å². The maximum atomic E-state index is 12.2. The zero-order chi connectivity index (χ0) is 20.1. The molecule has 0 fully saturated rings. The average Bonchev–Trinajstić information content (AvgIpc) is 2.62. The number of nitrogens with one attached hydrogen (secondary N) is 1. The highest BCUT2D eigenvalue weighted by molar-refractivity contribution is 5.78. The maximum absolute atomic E-state index is 12.2. The molecule has 0 spiro atoms. The van der Waals surface area contributed by atoms with Gasteiger partial charge in [0.15, 0.2) is 6.61 Å². The Bertz CT molecular complexity index is 864. The Morgan fingerprint density at radius 2 is 1.81 bits per heavy atom. The second-order valence-electron chi connectivity index (χ2n) is 6.46. The monoisotopic (exact) mass is 372 g/mol. The fraction of sp³-hybridized carbons (Fsp3) is 0.350. The molecule has 27 heavy (non-hydrogen) atoms. The van der Waals surface area contributed by atoms with Crippen molar-refractivity contribution in [3.63, 3.8) is 0 Å². The largest absolute Gasteiger partial charge is 0.490 e. The molecule has 0 aromatic heterocycles. The van der Waals surface area contributed by atoms with E-state index in [-0.39, 0.29) is 30.0 Å². The topological polar surface area (TPSA) is 90.7 Å². The summed E-state index contributed by atoms with van der Waals surface area (Å²) in [5.41, 5.74) is 4.40. The fourth-order valence-electron chi connectivity index (χ4n) is 2.86. The summed E-state index contributed by atoms with van der Waals surface area (Å²) in [7, 11) is 1.34. The van der Waals surface area contributed by atoms with Crippen molar-refractivity contribution in [2.75, 3.05) is 13.7 Å². The van der Waals surface area contributed by atoms with Gasteiger partial charge in [-0.3, -0.25) is 14.9 Å². The summed E-state index contributed by atoms with van der Waals surface area (Å²) in [5.74, 6) is 0.122. The molecule has 0 saturated carbocycles. The first kappa shape index (κ1) is 20.2. The van der Waals surface area contributed by atoms with Gasteiger partial charge in [0.25, 0.3) is 5.91 Å². The minimum absolute atomic E-state index is 0.0806. The van der Waals surface area contributed by atoms with E-state index in [0.717, 1.165) is 11.1 Å². The van der Waals surface area contributed by atoms with Crippen LogP contribution in [0.2, 0.25) is 0 Å². The van der Waals surface area contributed by atoms with Crippen molar-refractivity contribution in [1.82, 2.24) is 5.32 Å². The van der Waals surface area contributed by atoms with E-state index in [1.807, 2.05) is 20.8 Å². The van der Waals surface area contributed by atoms with Crippen LogP contribution in [0.15, 0.2) is 30.3 Å². The SMILES string of the molecule is COc1cc(OCC(=O)N[C@H](C)c2cc(C)c(C)cc2C)ccc1[N+](=O)[O-]. The molecule has 0 heterocycles. The van der Waals surface area contributed by atoms with E-state index in [0.29, 0.717) is 5.75 Å². The van der Waals surface area contributed by atoms with Crippen LogP contribution in [0.5, 0.6) is 11.5 Å². The van der Waals surface area contributed by atoms with Crippen LogP contribution in [0.1, 0.15) is 35.2 Å². The predicted molar refractivity (Wildman–Crippen MR) is 102 cm³/mol. The van der Waals surface area contributed by atoms with Crippen LogP contribution in [0.3, 0.4) is 0 Å². The molecule has 0 aliphatic rings. The first-order valence-corrected chi connectivity index (χ1v) is 8.55. The number of amides is 1. The van der Waals surface area contributed by atoms with E-state index in [2.05, 4.69) is 24.4 Å². The van der Waals surface area contributed by atoms with Crippen molar-refractivity contribution >= 4 is 11.6 Å². The molecule has 2 aromatic carbocycles. The summed E-state index contributed by atoms with van der Waals surface area (Å²) in [6, 6.07) is 8.14. The zero-order valence-electron chi connectivity index (χ0n) is 16.2. The van der Waals surface area contributed by atoms with Crippen molar-refractivity contribution < 1.29 is 19.2 Å². The zero-order valence-corrected chi connectivity index (χ0v) is 16.2. The Hall–Kier alpha value is -3.09. The molecule has 7 heteroatoms. The van der Waals surface area contributed by atoms with Gasteiger partial charge in [-0.05, 0) is 56.0 Å². The van der Waals surface area contributed by atoms with Gasteiger partial charge in [-0.15, -0.1) is 0 Å². The third kappa shape index (κ3) is 4.97. The fourth-order valence-corrected chi connectivity index (χ4v) is 2.86. The Balaban J connectivity index is 2.00. The maximum Gasteiger partial charge on any atom is 0.311 e. The van der Waals surface area contributed by atoms with Crippen LogP contribution < -0.4 is 14.8 Å². The Labute approximate surface area is 158 Å². The number of carbonyl (C=O) groups excluding carboxylic acids is 1. The first-order chi connectivity index (χ1) is 12.7. The molecule has 2 aromatic rings. The first-order valence-electron chi connectivity index (χ1n) is 8.55. The summed E-state index contributed by atoms with van der Waals surface area (Å²) >= 11 is 0. The van der Waals surface area contributed by atoms with Crippen LogP contribution >= 0.6 is 0 Å². The van der Waals surface area contributed by atoms with Crippen molar-refractivity contribution in [3.05, 3.63) is 62.7 Å². The summed E-state index contributed by atoms with van der Waals surface area (Å²) in [5, 5.41) is 13.8. The molecule has 0 bridgehead atoms. The molecular formula is C20H24N2O5. The Kier molecular flexibility index (Phi) is 6.39. The lowest BCUT2D eigenvalue weighted by atomic mass is 9.96. The number of hydrogen-bond donors (Lipinski definition) is 1. The van der Waals surface area contributed by atoms with E-state index < -0.39 is 4.92 Å². The number of benzene rings is 2. The molecule has 7 nitrogen and oxygen atoms in total. The highest BCUT2D eigenvalue weighted by Crippen LogP contribution is 2.30. The van der Waals surface area contributed by atoms with Gasteiger partial charge in [-0.1, -0.05) is 12.1 Å². The molecule has 144 valence electrons. The number of rotatable bonds is 7. The van der Waals surface area contributed by atoms with Crippen LogP contribution in [0.4, 0.5) is 5.69 Å². The van der Waals surface area contributed by atoms with Crippen molar-refractivity contribution in [2.45, 2.75) is 33.7 Å². The lowest BCUT2D eigenvalue weighted by molar-refractivity contribution is -0.385. The van der Waals surface area contributed by atoms with Crippen LogP contribution in [0.25, 0.3) is 0 Å². The Morgan fingerprint density at radius 1 is 1.15 bits per heavy atom. The highest BCUT2D eigenvalue weighted by Gasteiger charge is 2.17. The Morgan fingerprint density at radius 3 is 2.44 bits per heavy atom. The number of ether oxygens (including phenoxy) is 2. The number of nitro benzene ring substituents is 1. The minimum Gasteiger partial charge on any atom is -0.490 e. The second kappa shape index (κ2) is 8.53. The van der Waals surface area contributed by atoms with Gasteiger partial charge >= 0.3 is 5.69 Å². The van der Waals surface area contributed by atoms with Crippen molar-refractivity contribution in [1.29, 1.82) is 0 Å². The van der Waals surface area contributed by atoms with Gasteiger partial charge in [0.05, 0.1) is 18.1 Å². The third-order valence-electron chi connectivity index (χ3n) is 4.44. The van der Waals surface area contributed by atoms with Gasteiger partial charge in [0.1, 0.15) is 5.75 Å². The molecule has 2 rings (SSSR count). The lowest BCUT2D eigenvalue weighted by Crippen LogP contribution is -2.31. The standard InChI is InChI=1S/C20H24N2O5/c1-12-8-14(3)17(9-13(12)2)15(4)21-20(23)11-27-16-6-7-18(22(24)25)19(10-16)26-5/h6-10,15H,11H2,1-5H3,(H,21,23)/t15-/m1/s1. The van der Waals surface area contributed by atoms with Gasteiger partial charge in [-0.25, -0.2) is 0 Å². The number of carbonyl (C=O) groups is 1. The minimum atomic E-state index is -0.539. The predicted octanol–water partition coefficient (Wildman–Crippen LogP) is 3.78. The number of nitrogens with zero attached hydrogens (tertiary/aromatic N) is 1. The number of aryl methyl sites for hydroxylation is 3. The number of nitro groups is 1. The van der Waals surface area contributed by atoms with Gasteiger partial charge < -0.3 is 14.8 Å². The average molecular weight is 372 g/mol. The molecule has 1 amide bonds. The summed E-state index contributed by atoms with van der Waals surface area (Å²) in [4.78, 5) is 22.6. The molecule has 0 unspecified atom stereocenters.